The predicted molar refractivity (Wildman–Crippen MR) is 71.3 cm³/mol. The Kier molecular flexibility index (Phi) is 2.86. The Labute approximate surface area is 108 Å². The second-order valence-electron chi connectivity index (χ2n) is 5.55. The minimum absolute atomic E-state index is 0.0602. The Bertz CT molecular complexity index is 441. The van der Waals surface area contributed by atoms with Gasteiger partial charge in [-0.2, -0.15) is 0 Å². The van der Waals surface area contributed by atoms with Crippen molar-refractivity contribution in [2.45, 2.75) is 43.8 Å². The third kappa shape index (κ3) is 1.83. The van der Waals surface area contributed by atoms with E-state index in [2.05, 4.69) is 17.3 Å². The van der Waals surface area contributed by atoms with E-state index in [0.717, 1.165) is 18.4 Å². The molecule has 3 rings (SSSR count). The molecule has 0 aliphatic carbocycles. The molecule has 2 bridgehead atoms. The van der Waals surface area contributed by atoms with E-state index in [-0.39, 0.29) is 11.6 Å². The van der Waals surface area contributed by atoms with Crippen LogP contribution in [-0.2, 0) is 0 Å². The molecule has 2 unspecified atom stereocenters. The van der Waals surface area contributed by atoms with E-state index in [9.17, 15) is 4.79 Å². The van der Waals surface area contributed by atoms with Gasteiger partial charge in [-0.3, -0.25) is 9.69 Å². The van der Waals surface area contributed by atoms with Crippen molar-refractivity contribution in [3.63, 3.8) is 0 Å². The minimum atomic E-state index is -0.0875. The number of carbonyl (C=O) groups is 1. The van der Waals surface area contributed by atoms with Crippen LogP contribution in [0, 0.1) is 0 Å². The van der Waals surface area contributed by atoms with Gasteiger partial charge < -0.3 is 5.32 Å². The summed E-state index contributed by atoms with van der Waals surface area (Å²) in [6, 6.07) is 10.2. The molecule has 18 heavy (non-hydrogen) atoms. The van der Waals surface area contributed by atoms with E-state index in [1.807, 2.05) is 30.3 Å². The highest BCUT2D eigenvalue weighted by molar-refractivity contribution is 5.94. The Balaban J connectivity index is 1.78. The van der Waals surface area contributed by atoms with Crippen molar-refractivity contribution in [3.05, 3.63) is 35.9 Å². The average Bonchev–Trinajstić information content (AvgIpc) is 2.60. The van der Waals surface area contributed by atoms with Crippen molar-refractivity contribution < 1.29 is 4.79 Å². The fourth-order valence-corrected chi connectivity index (χ4v) is 3.48. The number of hydrogen-bond acceptors (Lipinski definition) is 2. The van der Waals surface area contributed by atoms with Gasteiger partial charge in [-0.1, -0.05) is 18.2 Å². The highest BCUT2D eigenvalue weighted by Gasteiger charge is 2.47. The zero-order chi connectivity index (χ0) is 12.6. The summed E-state index contributed by atoms with van der Waals surface area (Å²) in [5.74, 6) is 0.0602. The molecular formula is C15H20N2O. The molecule has 2 saturated heterocycles. The van der Waals surface area contributed by atoms with Gasteiger partial charge in [0.15, 0.2) is 0 Å². The molecule has 3 heteroatoms. The van der Waals surface area contributed by atoms with Gasteiger partial charge in [-0.15, -0.1) is 0 Å². The van der Waals surface area contributed by atoms with Crippen molar-refractivity contribution in [3.8, 4) is 0 Å². The molecule has 2 aliphatic heterocycles. The lowest BCUT2D eigenvalue weighted by Crippen LogP contribution is -2.59. The summed E-state index contributed by atoms with van der Waals surface area (Å²) in [7, 11) is 2.15. The van der Waals surface area contributed by atoms with E-state index >= 15 is 0 Å². The Morgan fingerprint density at radius 3 is 2.83 bits per heavy atom. The number of benzene rings is 1. The zero-order valence-electron chi connectivity index (χ0n) is 10.9. The Morgan fingerprint density at radius 1 is 1.28 bits per heavy atom. The van der Waals surface area contributed by atoms with Crippen LogP contribution in [0.1, 0.15) is 42.5 Å². The van der Waals surface area contributed by atoms with E-state index in [1.54, 1.807) is 0 Å². The molecule has 96 valence electrons. The average molecular weight is 244 g/mol. The molecule has 2 heterocycles. The predicted octanol–water partition coefficient (Wildman–Crippen LogP) is 2.39. The SMILES string of the molecule is CN1C2CCCC1(NC(=O)c1ccccc1)CC2. The fraction of sp³-hybridized carbons (Fsp3) is 0.533. The maximum absolute atomic E-state index is 12.3. The lowest BCUT2D eigenvalue weighted by molar-refractivity contribution is 0.0437. The van der Waals surface area contributed by atoms with Crippen molar-refractivity contribution in [2.24, 2.45) is 0 Å². The number of fused-ring (bicyclic) bond motifs is 2. The molecule has 0 aromatic heterocycles. The summed E-state index contributed by atoms with van der Waals surface area (Å²) < 4.78 is 0. The van der Waals surface area contributed by atoms with Crippen LogP contribution in [0.15, 0.2) is 30.3 Å². The molecule has 1 N–H and O–H groups in total. The molecule has 3 nitrogen and oxygen atoms in total. The molecule has 2 atom stereocenters. The van der Waals surface area contributed by atoms with E-state index in [4.69, 9.17) is 0 Å². The molecular weight excluding hydrogens is 224 g/mol. The van der Waals surface area contributed by atoms with Gasteiger partial charge in [0.25, 0.3) is 5.91 Å². The molecule has 1 amide bonds. The van der Waals surface area contributed by atoms with Gasteiger partial charge in [0, 0.05) is 11.6 Å². The number of nitrogens with one attached hydrogen (secondary N) is 1. The summed E-state index contributed by atoms with van der Waals surface area (Å²) in [6.07, 6.45) is 5.89. The van der Waals surface area contributed by atoms with Crippen LogP contribution in [0.25, 0.3) is 0 Å². The van der Waals surface area contributed by atoms with Crippen molar-refractivity contribution >= 4 is 5.91 Å². The van der Waals surface area contributed by atoms with Crippen LogP contribution in [0.4, 0.5) is 0 Å². The van der Waals surface area contributed by atoms with Crippen LogP contribution in [-0.4, -0.2) is 29.6 Å². The third-order valence-electron chi connectivity index (χ3n) is 4.62. The quantitative estimate of drug-likeness (QED) is 0.866. The highest BCUT2D eigenvalue weighted by Crippen LogP contribution is 2.41. The van der Waals surface area contributed by atoms with Crippen LogP contribution in [0.5, 0.6) is 0 Å². The van der Waals surface area contributed by atoms with Crippen LogP contribution >= 0.6 is 0 Å². The van der Waals surface area contributed by atoms with E-state index in [1.165, 1.54) is 19.3 Å². The van der Waals surface area contributed by atoms with Gasteiger partial charge >= 0.3 is 0 Å². The largest absolute Gasteiger partial charge is 0.334 e. The molecule has 0 saturated carbocycles. The van der Waals surface area contributed by atoms with Gasteiger partial charge in [0.05, 0.1) is 5.66 Å². The van der Waals surface area contributed by atoms with E-state index in [0.29, 0.717) is 6.04 Å². The lowest BCUT2D eigenvalue weighted by Gasteiger charge is -2.43. The topological polar surface area (TPSA) is 32.3 Å². The van der Waals surface area contributed by atoms with Crippen LogP contribution in [0.3, 0.4) is 0 Å². The summed E-state index contributed by atoms with van der Waals surface area (Å²) in [5.41, 5.74) is 0.671. The van der Waals surface area contributed by atoms with Gasteiger partial charge in [0.2, 0.25) is 0 Å². The monoisotopic (exact) mass is 244 g/mol. The molecule has 1 aromatic rings. The Hall–Kier alpha value is -1.35. The summed E-state index contributed by atoms with van der Waals surface area (Å²) in [6.45, 7) is 0. The number of hydrogen-bond donors (Lipinski definition) is 1. The molecule has 0 spiro atoms. The second kappa shape index (κ2) is 4.39. The lowest BCUT2D eigenvalue weighted by atomic mass is 9.97. The maximum atomic E-state index is 12.3. The number of rotatable bonds is 2. The Morgan fingerprint density at radius 2 is 2.06 bits per heavy atom. The first-order valence-corrected chi connectivity index (χ1v) is 6.82. The first-order chi connectivity index (χ1) is 8.71. The zero-order valence-corrected chi connectivity index (χ0v) is 10.9. The standard InChI is InChI=1S/C15H20N2O/c1-17-13-8-5-10-15(17,11-9-13)16-14(18)12-6-3-2-4-7-12/h2-4,6-7,13H,5,8-11H2,1H3,(H,16,18). The fourth-order valence-electron chi connectivity index (χ4n) is 3.48. The third-order valence-corrected chi connectivity index (χ3v) is 4.62. The first kappa shape index (κ1) is 11.7. The smallest absolute Gasteiger partial charge is 0.252 e. The van der Waals surface area contributed by atoms with Crippen molar-refractivity contribution in [2.75, 3.05) is 7.05 Å². The van der Waals surface area contributed by atoms with E-state index < -0.39 is 0 Å². The molecule has 0 radical (unpaired) electrons. The highest BCUT2D eigenvalue weighted by atomic mass is 16.2. The number of nitrogens with zero attached hydrogens (tertiary/aromatic N) is 1. The summed E-state index contributed by atoms with van der Waals surface area (Å²) in [5, 5.41) is 3.28. The van der Waals surface area contributed by atoms with Crippen molar-refractivity contribution in [1.29, 1.82) is 0 Å². The summed E-state index contributed by atoms with van der Waals surface area (Å²) in [4.78, 5) is 14.7. The minimum Gasteiger partial charge on any atom is -0.334 e. The van der Waals surface area contributed by atoms with Crippen LogP contribution in [0.2, 0.25) is 0 Å². The van der Waals surface area contributed by atoms with Gasteiger partial charge in [0.1, 0.15) is 0 Å². The normalized spacial score (nSPS) is 31.3. The van der Waals surface area contributed by atoms with Gasteiger partial charge in [-0.05, 0) is 51.3 Å². The number of piperidine rings is 1. The van der Waals surface area contributed by atoms with Gasteiger partial charge in [-0.25, -0.2) is 0 Å². The molecule has 1 aromatic carbocycles. The number of amides is 1. The second-order valence-corrected chi connectivity index (χ2v) is 5.55. The maximum Gasteiger partial charge on any atom is 0.252 e. The molecule has 2 aliphatic rings. The van der Waals surface area contributed by atoms with Crippen LogP contribution < -0.4 is 5.32 Å². The number of carbonyl (C=O) groups excluding carboxylic acids is 1. The van der Waals surface area contributed by atoms with Crippen molar-refractivity contribution in [1.82, 2.24) is 10.2 Å². The molecule has 2 fully saturated rings. The summed E-state index contributed by atoms with van der Waals surface area (Å²) >= 11 is 0. The first-order valence-electron chi connectivity index (χ1n) is 6.82.